The average Bonchev–Trinajstić information content (AvgIpc) is 3.77. The predicted molar refractivity (Wildman–Crippen MR) is 210 cm³/mol. The number of hydrogen-bond donors (Lipinski definition) is 0. The number of aromatic nitrogens is 3. The molecule has 3 heterocycles. The highest BCUT2D eigenvalue weighted by atomic mass is 16.3. The van der Waals surface area contributed by atoms with Gasteiger partial charge in [-0.15, -0.1) is 0 Å². The van der Waals surface area contributed by atoms with E-state index in [2.05, 4.69) is 108 Å². The molecule has 52 heavy (non-hydrogen) atoms. The van der Waals surface area contributed by atoms with Gasteiger partial charge in [0.25, 0.3) is 0 Å². The second-order valence-electron chi connectivity index (χ2n) is 12.9. The summed E-state index contributed by atoms with van der Waals surface area (Å²) in [4.78, 5) is 10.4. The van der Waals surface area contributed by atoms with Gasteiger partial charge in [-0.3, -0.25) is 0 Å². The molecule has 3 aromatic heterocycles. The Bertz CT molecular complexity index is 2970. The van der Waals surface area contributed by atoms with Gasteiger partial charge in [0.1, 0.15) is 11.2 Å². The first-order valence-corrected chi connectivity index (χ1v) is 17.2. The van der Waals surface area contributed by atoms with E-state index >= 15 is 0 Å². The molecule has 0 atom stereocenters. The minimum absolute atomic E-state index is 0.599. The second kappa shape index (κ2) is 11.9. The van der Waals surface area contributed by atoms with Crippen LogP contribution in [0.1, 0.15) is 5.56 Å². The number of fused-ring (bicyclic) bond motifs is 7. The quantitative estimate of drug-likeness (QED) is 0.184. The van der Waals surface area contributed by atoms with Crippen molar-refractivity contribution < 1.29 is 4.42 Å². The Hall–Kier alpha value is -7.29. The molecule has 0 spiro atoms. The van der Waals surface area contributed by atoms with Crippen LogP contribution in [0.5, 0.6) is 0 Å². The molecule has 7 aromatic carbocycles. The first kappa shape index (κ1) is 29.6. The fourth-order valence-corrected chi connectivity index (χ4v) is 7.43. The molecule has 0 unspecified atom stereocenters. The molecule has 0 amide bonds. The number of nitrogens with zero attached hydrogens (tertiary/aromatic N) is 4. The highest BCUT2D eigenvalue weighted by Crippen LogP contribution is 2.42. The Kier molecular flexibility index (Phi) is 6.80. The van der Waals surface area contributed by atoms with Crippen LogP contribution in [-0.2, 0) is 0 Å². The van der Waals surface area contributed by atoms with Crippen LogP contribution in [0.3, 0.4) is 0 Å². The van der Waals surface area contributed by atoms with Crippen molar-refractivity contribution in [2.45, 2.75) is 0 Å². The van der Waals surface area contributed by atoms with E-state index in [0.717, 1.165) is 88.6 Å². The highest BCUT2D eigenvalue weighted by molar-refractivity contribution is 6.24. The zero-order valence-electron chi connectivity index (χ0n) is 27.9. The largest absolute Gasteiger partial charge is 0.456 e. The lowest BCUT2D eigenvalue weighted by Gasteiger charge is -2.15. The van der Waals surface area contributed by atoms with Crippen LogP contribution in [0.15, 0.2) is 174 Å². The average molecular weight is 665 g/mol. The summed E-state index contributed by atoms with van der Waals surface area (Å²) in [6, 6.07) is 60.1. The molecule has 5 nitrogen and oxygen atoms in total. The van der Waals surface area contributed by atoms with E-state index in [1.54, 1.807) is 0 Å². The molecule has 0 saturated heterocycles. The zero-order valence-corrected chi connectivity index (χ0v) is 27.9. The molecule has 0 radical (unpaired) electrons. The van der Waals surface area contributed by atoms with Crippen LogP contribution in [0.2, 0.25) is 0 Å². The number of nitriles is 1. The third-order valence-electron chi connectivity index (χ3n) is 9.80. The molecule has 10 aromatic rings. The summed E-state index contributed by atoms with van der Waals surface area (Å²) in [5, 5.41) is 14.3. The van der Waals surface area contributed by atoms with E-state index < -0.39 is 0 Å². The maximum atomic E-state index is 9.84. The number of benzene rings is 7. The topological polar surface area (TPSA) is 67.6 Å². The van der Waals surface area contributed by atoms with Crippen LogP contribution in [0, 0.1) is 11.3 Å². The number of hydrogen-bond acceptors (Lipinski definition) is 4. The molecule has 0 N–H and O–H groups in total. The maximum absolute atomic E-state index is 9.84. The Morgan fingerprint density at radius 3 is 1.88 bits per heavy atom. The van der Waals surface area contributed by atoms with Crippen molar-refractivity contribution in [2.75, 3.05) is 0 Å². The van der Waals surface area contributed by atoms with Crippen molar-refractivity contribution in [1.29, 1.82) is 5.26 Å². The maximum Gasteiger partial charge on any atom is 0.160 e. The molecule has 0 bridgehead atoms. The zero-order chi connectivity index (χ0) is 34.6. The van der Waals surface area contributed by atoms with Gasteiger partial charge in [-0.05, 0) is 71.8 Å². The number of para-hydroxylation sites is 2. The Morgan fingerprint density at radius 2 is 1.13 bits per heavy atom. The first-order chi connectivity index (χ1) is 25.7. The third kappa shape index (κ3) is 4.86. The van der Waals surface area contributed by atoms with Gasteiger partial charge in [-0.1, -0.05) is 109 Å². The molecule has 0 aliphatic rings. The van der Waals surface area contributed by atoms with Crippen molar-refractivity contribution in [1.82, 2.24) is 14.5 Å². The SMILES string of the molecule is N#Cc1cccc(-c2cc(-c3nc(-c4ccccc4)cc(-c4ccccc4)n3)cc(-n3c4ccccc4c4ccc5oc6ccccc6c5c43)c2)c1. The normalized spacial score (nSPS) is 11.4. The summed E-state index contributed by atoms with van der Waals surface area (Å²) >= 11 is 0. The molecule has 0 saturated carbocycles. The van der Waals surface area contributed by atoms with Gasteiger partial charge in [0, 0.05) is 38.5 Å². The standard InChI is InChI=1S/C47H28N4O/c48-29-30-12-11-17-33(24-30)34-25-35(47-49-40(31-13-3-1-4-14-31)28-41(50-47)32-15-5-2-6-16-32)27-36(26-34)51-42-20-9-7-18-37(42)38-22-23-44-45(46(38)51)39-19-8-10-21-43(39)52-44/h1-28H. The molecule has 0 aliphatic carbocycles. The molecular weight excluding hydrogens is 637 g/mol. The molecule has 10 rings (SSSR count). The fourth-order valence-electron chi connectivity index (χ4n) is 7.43. The van der Waals surface area contributed by atoms with E-state index in [0.29, 0.717) is 11.4 Å². The number of rotatable bonds is 5. The number of furan rings is 1. The van der Waals surface area contributed by atoms with Gasteiger partial charge in [0.05, 0.1) is 39.4 Å². The van der Waals surface area contributed by atoms with Crippen LogP contribution in [0.4, 0.5) is 0 Å². The molecule has 0 fully saturated rings. The lowest BCUT2D eigenvalue weighted by molar-refractivity contribution is 0.669. The van der Waals surface area contributed by atoms with Crippen molar-refractivity contribution in [3.8, 4) is 56.8 Å². The van der Waals surface area contributed by atoms with Crippen LogP contribution in [0.25, 0.3) is 94.5 Å². The highest BCUT2D eigenvalue weighted by Gasteiger charge is 2.21. The Balaban J connectivity index is 1.31. The van der Waals surface area contributed by atoms with Crippen LogP contribution in [-0.4, -0.2) is 14.5 Å². The lowest BCUT2D eigenvalue weighted by Crippen LogP contribution is -1.99. The van der Waals surface area contributed by atoms with E-state index in [-0.39, 0.29) is 0 Å². The monoisotopic (exact) mass is 664 g/mol. The summed E-state index contributed by atoms with van der Waals surface area (Å²) in [5.74, 6) is 0.611. The molecule has 5 heteroatoms. The second-order valence-corrected chi connectivity index (χ2v) is 12.9. The Morgan fingerprint density at radius 1 is 0.481 bits per heavy atom. The van der Waals surface area contributed by atoms with Crippen LogP contribution < -0.4 is 0 Å². The van der Waals surface area contributed by atoms with Gasteiger partial charge < -0.3 is 8.98 Å². The smallest absolute Gasteiger partial charge is 0.160 e. The van der Waals surface area contributed by atoms with Crippen molar-refractivity contribution >= 4 is 43.7 Å². The van der Waals surface area contributed by atoms with Crippen molar-refractivity contribution in [2.24, 2.45) is 0 Å². The van der Waals surface area contributed by atoms with Crippen molar-refractivity contribution in [3.63, 3.8) is 0 Å². The van der Waals surface area contributed by atoms with Gasteiger partial charge in [0.15, 0.2) is 5.82 Å². The molecule has 242 valence electrons. The molecular formula is C47H28N4O. The van der Waals surface area contributed by atoms with E-state index in [4.69, 9.17) is 14.4 Å². The summed E-state index contributed by atoms with van der Waals surface area (Å²) in [6.07, 6.45) is 0. The summed E-state index contributed by atoms with van der Waals surface area (Å²) < 4.78 is 8.75. The van der Waals surface area contributed by atoms with Gasteiger partial charge >= 0.3 is 0 Å². The van der Waals surface area contributed by atoms with E-state index in [1.807, 2.05) is 72.8 Å². The predicted octanol–water partition coefficient (Wildman–Crippen LogP) is 12.0. The van der Waals surface area contributed by atoms with E-state index in [9.17, 15) is 5.26 Å². The van der Waals surface area contributed by atoms with Gasteiger partial charge in [0.2, 0.25) is 0 Å². The summed E-state index contributed by atoms with van der Waals surface area (Å²) in [7, 11) is 0. The summed E-state index contributed by atoms with van der Waals surface area (Å²) in [5.41, 5.74) is 11.8. The first-order valence-electron chi connectivity index (χ1n) is 17.2. The fraction of sp³-hybridized carbons (Fsp3) is 0. The Labute approximate surface area is 299 Å². The molecule has 0 aliphatic heterocycles. The summed E-state index contributed by atoms with van der Waals surface area (Å²) in [6.45, 7) is 0. The van der Waals surface area contributed by atoms with Crippen LogP contribution >= 0.6 is 0 Å². The van der Waals surface area contributed by atoms with Crippen molar-refractivity contribution in [3.05, 3.63) is 175 Å². The third-order valence-corrected chi connectivity index (χ3v) is 9.80. The van der Waals surface area contributed by atoms with Gasteiger partial charge in [-0.2, -0.15) is 5.26 Å². The lowest BCUT2D eigenvalue weighted by atomic mass is 9.99. The van der Waals surface area contributed by atoms with E-state index in [1.165, 1.54) is 0 Å². The van der Waals surface area contributed by atoms with Gasteiger partial charge in [-0.25, -0.2) is 9.97 Å². The minimum atomic E-state index is 0.599. The minimum Gasteiger partial charge on any atom is -0.456 e.